The Balaban J connectivity index is 1.87. The summed E-state index contributed by atoms with van der Waals surface area (Å²) in [7, 11) is -0.945. The molecule has 0 saturated heterocycles. The molecule has 1 aliphatic rings. The van der Waals surface area contributed by atoms with Gasteiger partial charge in [-0.05, 0) is 24.3 Å². The van der Waals surface area contributed by atoms with E-state index in [4.69, 9.17) is 25.8 Å². The lowest BCUT2D eigenvalue weighted by Gasteiger charge is -2.19. The van der Waals surface area contributed by atoms with E-state index in [0.717, 1.165) is 0 Å². The summed E-state index contributed by atoms with van der Waals surface area (Å²) in [6.07, 6.45) is 0. The first-order chi connectivity index (χ1) is 12.8. The van der Waals surface area contributed by atoms with Crippen LogP contribution < -0.4 is 24.2 Å². The molecule has 1 amide bonds. The summed E-state index contributed by atoms with van der Waals surface area (Å²) in [5.41, 5.74) is 0.919. The lowest BCUT2D eigenvalue weighted by molar-refractivity contribution is -0.118. The van der Waals surface area contributed by atoms with Gasteiger partial charge in [0, 0.05) is 18.2 Å². The molecule has 1 heterocycles. The predicted octanol–water partition coefficient (Wildman–Crippen LogP) is 2.17. The van der Waals surface area contributed by atoms with Gasteiger partial charge in [0.15, 0.2) is 6.61 Å². The summed E-state index contributed by atoms with van der Waals surface area (Å²) in [5.74, 6) is 0.984. The van der Waals surface area contributed by atoms with Gasteiger partial charge >= 0.3 is 0 Å². The standard InChI is InChI=1S/C17H17ClN2O6S/c1-24-11-3-4-14(25-2)10(5-11)8-19-27(22,23)16-7-15-13(6-12(16)18)20-17(21)9-26-15/h3-7,19H,8-9H2,1-2H3,(H,20,21). The van der Waals surface area contributed by atoms with Gasteiger partial charge in [-0.25, -0.2) is 13.1 Å². The molecule has 2 aromatic rings. The normalized spacial score (nSPS) is 13.4. The SMILES string of the molecule is COc1ccc(OC)c(CNS(=O)(=O)c2cc3c(cc2Cl)NC(=O)CO3)c1. The number of hydrogen-bond acceptors (Lipinski definition) is 6. The highest BCUT2D eigenvalue weighted by Gasteiger charge is 2.24. The number of fused-ring (bicyclic) bond motifs is 1. The fourth-order valence-electron chi connectivity index (χ4n) is 2.56. The molecule has 0 radical (unpaired) electrons. The van der Waals surface area contributed by atoms with Crippen LogP contribution in [0.1, 0.15) is 5.56 Å². The van der Waals surface area contributed by atoms with Crippen LogP contribution in [0.15, 0.2) is 35.2 Å². The highest BCUT2D eigenvalue weighted by Crippen LogP contribution is 2.35. The molecule has 10 heteroatoms. The maximum atomic E-state index is 12.7. The average molecular weight is 413 g/mol. The van der Waals surface area contributed by atoms with Crippen molar-refractivity contribution in [3.63, 3.8) is 0 Å². The first-order valence-electron chi connectivity index (χ1n) is 7.81. The molecule has 0 unspecified atom stereocenters. The molecule has 2 aromatic carbocycles. The number of ether oxygens (including phenoxy) is 3. The van der Waals surface area contributed by atoms with Crippen molar-refractivity contribution in [2.24, 2.45) is 0 Å². The molecule has 0 spiro atoms. The predicted molar refractivity (Wildman–Crippen MR) is 99.1 cm³/mol. The highest BCUT2D eigenvalue weighted by atomic mass is 35.5. The number of halogens is 1. The van der Waals surface area contributed by atoms with E-state index in [9.17, 15) is 13.2 Å². The number of hydrogen-bond donors (Lipinski definition) is 2. The molecule has 0 fully saturated rings. The Kier molecular flexibility index (Phi) is 5.45. The van der Waals surface area contributed by atoms with E-state index in [-0.39, 0.29) is 34.7 Å². The van der Waals surface area contributed by atoms with Crippen LogP contribution in [0.5, 0.6) is 17.2 Å². The van der Waals surface area contributed by atoms with Crippen molar-refractivity contribution in [1.82, 2.24) is 4.72 Å². The van der Waals surface area contributed by atoms with E-state index in [1.807, 2.05) is 0 Å². The third-order valence-corrected chi connectivity index (χ3v) is 5.76. The van der Waals surface area contributed by atoms with Crippen molar-refractivity contribution < 1.29 is 27.4 Å². The Labute approximate surface area is 161 Å². The van der Waals surface area contributed by atoms with Crippen molar-refractivity contribution in [1.29, 1.82) is 0 Å². The van der Waals surface area contributed by atoms with E-state index in [1.54, 1.807) is 18.2 Å². The number of benzene rings is 2. The van der Waals surface area contributed by atoms with Crippen LogP contribution in [0.3, 0.4) is 0 Å². The Hall–Kier alpha value is -2.49. The summed E-state index contributed by atoms with van der Waals surface area (Å²) in [4.78, 5) is 11.2. The second-order valence-electron chi connectivity index (χ2n) is 5.62. The van der Waals surface area contributed by atoms with E-state index >= 15 is 0 Å². The van der Waals surface area contributed by atoms with Crippen LogP contribution in [0.25, 0.3) is 0 Å². The molecule has 144 valence electrons. The van der Waals surface area contributed by atoms with E-state index in [2.05, 4.69) is 10.0 Å². The van der Waals surface area contributed by atoms with E-state index < -0.39 is 10.0 Å². The first-order valence-corrected chi connectivity index (χ1v) is 9.67. The van der Waals surface area contributed by atoms with Crippen molar-refractivity contribution in [2.75, 3.05) is 26.1 Å². The van der Waals surface area contributed by atoms with Gasteiger partial charge in [0.05, 0.1) is 24.9 Å². The zero-order valence-electron chi connectivity index (χ0n) is 14.5. The average Bonchev–Trinajstić information content (AvgIpc) is 2.65. The summed E-state index contributed by atoms with van der Waals surface area (Å²) in [6, 6.07) is 7.69. The van der Waals surface area contributed by atoms with Gasteiger partial charge in [0.2, 0.25) is 10.0 Å². The van der Waals surface area contributed by atoms with Gasteiger partial charge in [-0.2, -0.15) is 0 Å². The molecule has 0 saturated carbocycles. The number of amides is 1. The third kappa shape index (κ3) is 4.10. The van der Waals surface area contributed by atoms with Gasteiger partial charge in [0.1, 0.15) is 22.1 Å². The minimum atomic E-state index is -3.95. The molecule has 0 bridgehead atoms. The van der Waals surface area contributed by atoms with Crippen molar-refractivity contribution in [3.05, 3.63) is 40.9 Å². The van der Waals surface area contributed by atoms with Gasteiger partial charge in [-0.1, -0.05) is 11.6 Å². The number of methoxy groups -OCH3 is 2. The van der Waals surface area contributed by atoms with Crippen LogP contribution in [0.2, 0.25) is 5.02 Å². The molecular formula is C17H17ClN2O6S. The molecule has 3 rings (SSSR count). The maximum Gasteiger partial charge on any atom is 0.262 e. The fourth-order valence-corrected chi connectivity index (χ4v) is 4.11. The topological polar surface area (TPSA) is 103 Å². The molecule has 2 N–H and O–H groups in total. The zero-order chi connectivity index (χ0) is 19.6. The van der Waals surface area contributed by atoms with Gasteiger partial charge in [0.25, 0.3) is 5.91 Å². The Morgan fingerprint density at radius 3 is 2.70 bits per heavy atom. The Bertz CT molecular complexity index is 993. The number of carbonyl (C=O) groups excluding carboxylic acids is 1. The number of rotatable bonds is 6. The van der Waals surface area contributed by atoms with Crippen molar-refractivity contribution >= 4 is 33.2 Å². The maximum absolute atomic E-state index is 12.7. The number of sulfonamides is 1. The fraction of sp³-hybridized carbons (Fsp3) is 0.235. The molecule has 0 aromatic heterocycles. The molecule has 27 heavy (non-hydrogen) atoms. The molecule has 0 aliphatic carbocycles. The number of nitrogens with one attached hydrogen (secondary N) is 2. The molecule has 8 nitrogen and oxygen atoms in total. The monoisotopic (exact) mass is 412 g/mol. The van der Waals surface area contributed by atoms with Crippen LogP contribution in [-0.4, -0.2) is 35.2 Å². The quantitative estimate of drug-likeness (QED) is 0.753. The number of anilines is 1. The van der Waals surface area contributed by atoms with Gasteiger partial charge < -0.3 is 19.5 Å². The van der Waals surface area contributed by atoms with Gasteiger partial charge in [-0.15, -0.1) is 0 Å². The van der Waals surface area contributed by atoms with E-state index in [1.165, 1.54) is 26.4 Å². The lowest BCUT2D eigenvalue weighted by Crippen LogP contribution is -2.27. The summed E-state index contributed by atoms with van der Waals surface area (Å²) >= 11 is 6.11. The largest absolute Gasteiger partial charge is 0.497 e. The van der Waals surface area contributed by atoms with Crippen LogP contribution >= 0.6 is 11.6 Å². The molecular weight excluding hydrogens is 396 g/mol. The van der Waals surface area contributed by atoms with Crippen LogP contribution in [0, 0.1) is 0 Å². The lowest BCUT2D eigenvalue weighted by atomic mass is 10.2. The Morgan fingerprint density at radius 1 is 1.22 bits per heavy atom. The molecule has 1 aliphatic heterocycles. The number of carbonyl (C=O) groups is 1. The minimum absolute atomic E-state index is 0.0340. The minimum Gasteiger partial charge on any atom is -0.497 e. The Morgan fingerprint density at radius 2 is 2.00 bits per heavy atom. The third-order valence-electron chi connectivity index (χ3n) is 3.90. The summed E-state index contributed by atoms with van der Waals surface area (Å²) in [6.45, 7) is -0.226. The van der Waals surface area contributed by atoms with Gasteiger partial charge in [-0.3, -0.25) is 4.79 Å². The van der Waals surface area contributed by atoms with E-state index in [0.29, 0.717) is 22.7 Å². The second-order valence-corrected chi connectivity index (χ2v) is 7.76. The zero-order valence-corrected chi connectivity index (χ0v) is 16.1. The summed E-state index contributed by atoms with van der Waals surface area (Å²) in [5, 5.41) is 2.53. The second kappa shape index (κ2) is 7.63. The summed E-state index contributed by atoms with van der Waals surface area (Å²) < 4.78 is 43.6. The van der Waals surface area contributed by atoms with Crippen LogP contribution in [-0.2, 0) is 21.4 Å². The molecule has 0 atom stereocenters. The van der Waals surface area contributed by atoms with Crippen molar-refractivity contribution in [2.45, 2.75) is 11.4 Å². The van der Waals surface area contributed by atoms with Crippen LogP contribution in [0.4, 0.5) is 5.69 Å². The van der Waals surface area contributed by atoms with Crippen molar-refractivity contribution in [3.8, 4) is 17.2 Å². The smallest absolute Gasteiger partial charge is 0.262 e. The highest BCUT2D eigenvalue weighted by molar-refractivity contribution is 7.89. The first kappa shape index (κ1) is 19.3.